The second kappa shape index (κ2) is 5.42. The lowest BCUT2D eigenvalue weighted by Gasteiger charge is -1.98. The summed E-state index contributed by atoms with van der Waals surface area (Å²) < 4.78 is 1.12. The van der Waals surface area contributed by atoms with E-state index in [1.807, 2.05) is 6.07 Å². The van der Waals surface area contributed by atoms with Gasteiger partial charge >= 0.3 is 0 Å². The molecule has 1 heterocycles. The Morgan fingerprint density at radius 1 is 1.36 bits per heavy atom. The summed E-state index contributed by atoms with van der Waals surface area (Å²) in [4.78, 5) is 8.15. The van der Waals surface area contributed by atoms with Crippen molar-refractivity contribution in [2.45, 2.75) is 6.54 Å². The van der Waals surface area contributed by atoms with Crippen LogP contribution in [0.4, 0.5) is 0 Å². The number of nitrogens with one attached hydrogen (secondary N) is 1. The second-order valence-electron chi connectivity index (χ2n) is 2.03. The number of aromatic nitrogens is 2. The molecule has 1 rings (SSSR count). The number of hydrogen-bond acceptors (Lipinski definition) is 3. The number of alkyl halides is 1. The Morgan fingerprint density at radius 3 is 2.73 bits per heavy atom. The van der Waals surface area contributed by atoms with Crippen LogP contribution in [0.15, 0.2) is 18.5 Å². The number of halogens is 1. The van der Waals surface area contributed by atoms with E-state index in [0.717, 1.165) is 23.3 Å². The maximum atomic E-state index is 4.07. The smallest absolute Gasteiger partial charge is 0.141 e. The van der Waals surface area contributed by atoms with Crippen molar-refractivity contribution < 1.29 is 0 Å². The summed E-state index contributed by atoms with van der Waals surface area (Å²) >= 11 is 2.33. The van der Waals surface area contributed by atoms with Gasteiger partial charge in [-0.1, -0.05) is 22.6 Å². The summed E-state index contributed by atoms with van der Waals surface area (Å²) in [5.74, 6) is 0.859. The van der Waals surface area contributed by atoms with Gasteiger partial charge in [-0.15, -0.1) is 0 Å². The van der Waals surface area contributed by atoms with Crippen LogP contribution in [0, 0.1) is 0 Å². The van der Waals surface area contributed by atoms with E-state index in [1.165, 1.54) is 0 Å². The highest BCUT2D eigenvalue weighted by molar-refractivity contribution is 14.1. The molecule has 0 spiro atoms. The Hall–Kier alpha value is -0.230. The Labute approximate surface area is 79.8 Å². The third kappa shape index (κ3) is 3.62. The van der Waals surface area contributed by atoms with Gasteiger partial charge in [-0.3, -0.25) is 0 Å². The average Bonchev–Trinajstić information content (AvgIpc) is 2.07. The Morgan fingerprint density at radius 2 is 2.09 bits per heavy atom. The standard InChI is InChI=1S/C7H10IN3/c8-2-5-9-6-7-10-3-1-4-11-7/h1,3-4,9H,2,5-6H2. The first-order chi connectivity index (χ1) is 5.43. The fourth-order valence-electron chi connectivity index (χ4n) is 0.688. The summed E-state index contributed by atoms with van der Waals surface area (Å²) in [7, 11) is 0. The van der Waals surface area contributed by atoms with E-state index >= 15 is 0 Å². The minimum absolute atomic E-state index is 0.768. The molecule has 0 saturated heterocycles. The van der Waals surface area contributed by atoms with E-state index in [2.05, 4.69) is 37.9 Å². The molecule has 0 saturated carbocycles. The molecule has 4 heteroatoms. The highest BCUT2D eigenvalue weighted by Gasteiger charge is 1.90. The third-order valence-electron chi connectivity index (χ3n) is 1.17. The molecule has 0 unspecified atom stereocenters. The topological polar surface area (TPSA) is 37.8 Å². The lowest BCUT2D eigenvalue weighted by atomic mass is 10.5. The number of hydrogen-bond donors (Lipinski definition) is 1. The summed E-state index contributed by atoms with van der Waals surface area (Å²) in [5, 5.41) is 3.22. The molecule has 0 radical (unpaired) electrons. The van der Waals surface area contributed by atoms with Gasteiger partial charge in [0.05, 0.1) is 6.54 Å². The molecule has 1 aromatic rings. The minimum Gasteiger partial charge on any atom is -0.309 e. The SMILES string of the molecule is ICCNCc1ncccn1. The van der Waals surface area contributed by atoms with Crippen LogP contribution in [0.25, 0.3) is 0 Å². The van der Waals surface area contributed by atoms with Gasteiger partial charge in [-0.25, -0.2) is 9.97 Å². The van der Waals surface area contributed by atoms with E-state index in [-0.39, 0.29) is 0 Å². The summed E-state index contributed by atoms with van der Waals surface area (Å²) in [6.07, 6.45) is 3.52. The van der Waals surface area contributed by atoms with E-state index in [4.69, 9.17) is 0 Å². The molecule has 0 aliphatic carbocycles. The maximum absolute atomic E-state index is 4.07. The van der Waals surface area contributed by atoms with Crippen molar-refractivity contribution in [3.05, 3.63) is 24.3 Å². The van der Waals surface area contributed by atoms with Gasteiger partial charge in [0.25, 0.3) is 0 Å². The van der Waals surface area contributed by atoms with E-state index in [9.17, 15) is 0 Å². The van der Waals surface area contributed by atoms with Gasteiger partial charge in [0.2, 0.25) is 0 Å². The molecular formula is C7H10IN3. The summed E-state index contributed by atoms with van der Waals surface area (Å²) in [6.45, 7) is 1.78. The quantitative estimate of drug-likeness (QED) is 0.500. The maximum Gasteiger partial charge on any atom is 0.141 e. The van der Waals surface area contributed by atoms with E-state index < -0.39 is 0 Å². The van der Waals surface area contributed by atoms with Crippen molar-refractivity contribution >= 4 is 22.6 Å². The molecule has 0 aliphatic heterocycles. The predicted molar refractivity (Wildman–Crippen MR) is 52.6 cm³/mol. The molecule has 0 fully saturated rings. The van der Waals surface area contributed by atoms with Crippen LogP contribution in [0.2, 0.25) is 0 Å². The van der Waals surface area contributed by atoms with Crippen LogP contribution in [0.1, 0.15) is 5.82 Å². The van der Waals surface area contributed by atoms with Gasteiger partial charge in [0, 0.05) is 23.4 Å². The van der Waals surface area contributed by atoms with Crippen molar-refractivity contribution in [1.82, 2.24) is 15.3 Å². The molecule has 60 valence electrons. The first-order valence-electron chi connectivity index (χ1n) is 3.46. The fraction of sp³-hybridized carbons (Fsp3) is 0.429. The van der Waals surface area contributed by atoms with Crippen molar-refractivity contribution in [2.24, 2.45) is 0 Å². The highest BCUT2D eigenvalue weighted by atomic mass is 127. The zero-order valence-electron chi connectivity index (χ0n) is 6.13. The Kier molecular flexibility index (Phi) is 4.37. The minimum atomic E-state index is 0.768. The van der Waals surface area contributed by atoms with Crippen LogP contribution in [-0.4, -0.2) is 20.9 Å². The molecule has 11 heavy (non-hydrogen) atoms. The molecule has 1 N–H and O–H groups in total. The van der Waals surface area contributed by atoms with Crippen LogP contribution < -0.4 is 5.32 Å². The molecule has 0 bridgehead atoms. The van der Waals surface area contributed by atoms with E-state index in [1.54, 1.807) is 12.4 Å². The normalized spacial score (nSPS) is 9.91. The van der Waals surface area contributed by atoms with Gasteiger partial charge in [-0.05, 0) is 6.07 Å². The first kappa shape index (κ1) is 8.86. The van der Waals surface area contributed by atoms with Crippen LogP contribution in [0.3, 0.4) is 0 Å². The lowest BCUT2D eigenvalue weighted by molar-refractivity contribution is 0.698. The number of rotatable bonds is 4. The van der Waals surface area contributed by atoms with Crippen molar-refractivity contribution in [3.63, 3.8) is 0 Å². The van der Waals surface area contributed by atoms with Gasteiger partial charge in [0.15, 0.2) is 0 Å². The lowest BCUT2D eigenvalue weighted by Crippen LogP contribution is -2.17. The largest absolute Gasteiger partial charge is 0.309 e. The molecule has 0 amide bonds. The number of nitrogens with zero attached hydrogens (tertiary/aromatic N) is 2. The first-order valence-corrected chi connectivity index (χ1v) is 4.98. The second-order valence-corrected chi connectivity index (χ2v) is 3.11. The van der Waals surface area contributed by atoms with Crippen LogP contribution in [0.5, 0.6) is 0 Å². The molecule has 0 atom stereocenters. The third-order valence-corrected chi connectivity index (χ3v) is 1.71. The molecule has 3 nitrogen and oxygen atoms in total. The monoisotopic (exact) mass is 263 g/mol. The summed E-state index contributed by atoms with van der Waals surface area (Å²) in [5.41, 5.74) is 0. The van der Waals surface area contributed by atoms with Crippen molar-refractivity contribution in [3.8, 4) is 0 Å². The highest BCUT2D eigenvalue weighted by Crippen LogP contribution is 1.86. The van der Waals surface area contributed by atoms with Gasteiger partial charge in [-0.2, -0.15) is 0 Å². The van der Waals surface area contributed by atoms with E-state index in [0.29, 0.717) is 0 Å². The van der Waals surface area contributed by atoms with Crippen LogP contribution >= 0.6 is 22.6 Å². The Balaban J connectivity index is 2.28. The van der Waals surface area contributed by atoms with Crippen LogP contribution in [-0.2, 0) is 6.54 Å². The van der Waals surface area contributed by atoms with Gasteiger partial charge in [0.1, 0.15) is 5.82 Å². The molecule has 0 aromatic carbocycles. The predicted octanol–water partition coefficient (Wildman–Crippen LogP) is 1.00. The van der Waals surface area contributed by atoms with Crippen molar-refractivity contribution in [1.29, 1.82) is 0 Å². The Bertz CT molecular complexity index is 190. The summed E-state index contributed by atoms with van der Waals surface area (Å²) in [6, 6.07) is 1.82. The molecular weight excluding hydrogens is 253 g/mol. The molecule has 1 aromatic heterocycles. The zero-order chi connectivity index (χ0) is 7.94. The van der Waals surface area contributed by atoms with Crippen molar-refractivity contribution in [2.75, 3.05) is 11.0 Å². The molecule has 0 aliphatic rings. The zero-order valence-corrected chi connectivity index (χ0v) is 8.28. The van der Waals surface area contributed by atoms with Gasteiger partial charge < -0.3 is 5.32 Å². The fourth-order valence-corrected chi connectivity index (χ4v) is 1.07. The average molecular weight is 263 g/mol.